The average molecular weight is 356 g/mol. The monoisotopic (exact) mass is 356 g/mol. The van der Waals surface area contributed by atoms with Gasteiger partial charge in [-0.1, -0.05) is 0 Å². The van der Waals surface area contributed by atoms with Crippen LogP contribution in [0.4, 0.5) is 11.4 Å². The van der Waals surface area contributed by atoms with Gasteiger partial charge in [0.25, 0.3) is 0 Å². The van der Waals surface area contributed by atoms with E-state index >= 15 is 0 Å². The Bertz CT molecular complexity index is 575. The number of rotatable bonds is 3. The second-order valence-electron chi connectivity index (χ2n) is 4.36. The van der Waals surface area contributed by atoms with E-state index in [0.717, 1.165) is 27.2 Å². The van der Waals surface area contributed by atoms with Crippen LogP contribution in [0.5, 0.6) is 0 Å². The number of nitrogens with zero attached hydrogens (tertiary/aromatic N) is 2. The summed E-state index contributed by atoms with van der Waals surface area (Å²) in [7, 11) is 1.96. The number of nitrogens with two attached hydrogens (primary N) is 1. The third-order valence-corrected chi connectivity index (χ3v) is 3.80. The molecule has 18 heavy (non-hydrogen) atoms. The van der Waals surface area contributed by atoms with Crippen LogP contribution in [-0.4, -0.2) is 9.78 Å². The molecule has 1 aromatic heterocycles. The van der Waals surface area contributed by atoms with E-state index in [0.29, 0.717) is 0 Å². The average Bonchev–Trinajstić information content (AvgIpc) is 2.53. The molecule has 0 atom stereocenters. The molecule has 2 rings (SSSR count). The maximum Gasteiger partial charge on any atom is 0.0646 e. The van der Waals surface area contributed by atoms with Crippen LogP contribution in [0.1, 0.15) is 17.0 Å². The van der Waals surface area contributed by atoms with Crippen LogP contribution in [-0.2, 0) is 13.6 Å². The Labute approximate surface area is 121 Å². The molecule has 0 spiro atoms. The molecule has 4 nitrogen and oxygen atoms in total. The van der Waals surface area contributed by atoms with Gasteiger partial charge < -0.3 is 11.1 Å². The summed E-state index contributed by atoms with van der Waals surface area (Å²) >= 11 is 2.25. The Balaban J connectivity index is 2.16. The summed E-state index contributed by atoms with van der Waals surface area (Å²) in [6, 6.07) is 6.02. The Hall–Kier alpha value is -1.24. The van der Waals surface area contributed by atoms with Crippen LogP contribution in [0.15, 0.2) is 18.2 Å². The highest BCUT2D eigenvalue weighted by molar-refractivity contribution is 14.1. The summed E-state index contributed by atoms with van der Waals surface area (Å²) in [5.41, 5.74) is 11.2. The van der Waals surface area contributed by atoms with Crippen molar-refractivity contribution in [2.45, 2.75) is 20.4 Å². The van der Waals surface area contributed by atoms with Gasteiger partial charge in [0.1, 0.15) is 0 Å². The van der Waals surface area contributed by atoms with Gasteiger partial charge in [0.2, 0.25) is 0 Å². The standard InChI is InChI=1S/C13H17IN4/c1-8-11(9(2)18(3)17-8)7-16-13-5-4-10(14)6-12(13)15/h4-6,16H,7,15H2,1-3H3. The van der Waals surface area contributed by atoms with Crippen LogP contribution in [0.25, 0.3) is 0 Å². The van der Waals surface area contributed by atoms with Crippen molar-refractivity contribution in [3.63, 3.8) is 0 Å². The molecule has 0 saturated heterocycles. The number of nitrogen functional groups attached to an aromatic ring is 1. The molecule has 1 aromatic carbocycles. The van der Waals surface area contributed by atoms with Crippen molar-refractivity contribution in [3.8, 4) is 0 Å². The topological polar surface area (TPSA) is 55.9 Å². The van der Waals surface area contributed by atoms with Gasteiger partial charge in [-0.2, -0.15) is 5.10 Å². The molecular formula is C13H17IN4. The number of hydrogen-bond acceptors (Lipinski definition) is 3. The molecule has 1 heterocycles. The maximum absolute atomic E-state index is 5.98. The minimum atomic E-state index is 0.746. The molecule has 2 aromatic rings. The second kappa shape index (κ2) is 5.17. The zero-order chi connectivity index (χ0) is 13.3. The van der Waals surface area contributed by atoms with E-state index in [4.69, 9.17) is 5.73 Å². The number of nitrogens with one attached hydrogen (secondary N) is 1. The third kappa shape index (κ3) is 2.60. The van der Waals surface area contributed by atoms with Gasteiger partial charge in [0.15, 0.2) is 0 Å². The summed E-state index contributed by atoms with van der Waals surface area (Å²) < 4.78 is 3.05. The molecule has 96 valence electrons. The molecule has 0 radical (unpaired) electrons. The van der Waals surface area contributed by atoms with E-state index in [1.807, 2.05) is 36.9 Å². The number of benzene rings is 1. The van der Waals surface area contributed by atoms with Crippen molar-refractivity contribution < 1.29 is 0 Å². The van der Waals surface area contributed by atoms with E-state index in [-0.39, 0.29) is 0 Å². The fourth-order valence-corrected chi connectivity index (χ4v) is 2.47. The number of aromatic nitrogens is 2. The van der Waals surface area contributed by atoms with Crippen molar-refractivity contribution in [2.24, 2.45) is 7.05 Å². The van der Waals surface area contributed by atoms with Crippen molar-refractivity contribution in [1.29, 1.82) is 0 Å². The van der Waals surface area contributed by atoms with Gasteiger partial charge >= 0.3 is 0 Å². The first-order valence-electron chi connectivity index (χ1n) is 5.77. The lowest BCUT2D eigenvalue weighted by Crippen LogP contribution is -2.04. The van der Waals surface area contributed by atoms with Gasteiger partial charge in [-0.25, -0.2) is 0 Å². The first-order valence-corrected chi connectivity index (χ1v) is 6.85. The lowest BCUT2D eigenvalue weighted by molar-refractivity contribution is 0.730. The van der Waals surface area contributed by atoms with Gasteiger partial charge in [-0.15, -0.1) is 0 Å². The lowest BCUT2D eigenvalue weighted by Gasteiger charge is -2.10. The van der Waals surface area contributed by atoms with Crippen molar-refractivity contribution in [1.82, 2.24) is 9.78 Å². The Morgan fingerprint density at radius 1 is 1.39 bits per heavy atom. The Kier molecular flexibility index (Phi) is 3.79. The van der Waals surface area contributed by atoms with Crippen LogP contribution in [0.3, 0.4) is 0 Å². The SMILES string of the molecule is Cc1nn(C)c(C)c1CNc1ccc(I)cc1N. The molecule has 0 aliphatic heterocycles. The Morgan fingerprint density at radius 2 is 2.11 bits per heavy atom. The second-order valence-corrected chi connectivity index (χ2v) is 5.60. The predicted molar refractivity (Wildman–Crippen MR) is 83.6 cm³/mol. The van der Waals surface area contributed by atoms with Crippen LogP contribution in [0, 0.1) is 17.4 Å². The number of halogens is 1. The minimum Gasteiger partial charge on any atom is -0.397 e. The molecular weight excluding hydrogens is 339 g/mol. The van der Waals surface area contributed by atoms with Gasteiger partial charge in [-0.3, -0.25) is 4.68 Å². The largest absolute Gasteiger partial charge is 0.397 e. The lowest BCUT2D eigenvalue weighted by atomic mass is 10.2. The van der Waals surface area contributed by atoms with Crippen LogP contribution in [0.2, 0.25) is 0 Å². The maximum atomic E-state index is 5.98. The van der Waals surface area contributed by atoms with E-state index in [1.165, 1.54) is 11.3 Å². The molecule has 0 aliphatic carbocycles. The molecule has 0 aliphatic rings. The molecule has 3 N–H and O–H groups in total. The van der Waals surface area contributed by atoms with Crippen LogP contribution >= 0.6 is 22.6 Å². The molecule has 0 bridgehead atoms. The fraction of sp³-hybridized carbons (Fsp3) is 0.308. The smallest absolute Gasteiger partial charge is 0.0646 e. The first kappa shape index (κ1) is 13.2. The molecule has 0 amide bonds. The van der Waals surface area contributed by atoms with Gasteiger partial charge in [0.05, 0.1) is 17.1 Å². The van der Waals surface area contributed by atoms with E-state index in [2.05, 4.69) is 39.9 Å². The van der Waals surface area contributed by atoms with Crippen molar-refractivity contribution >= 4 is 34.0 Å². The minimum absolute atomic E-state index is 0.746. The normalized spacial score (nSPS) is 10.7. The molecule has 0 unspecified atom stereocenters. The molecule has 0 fully saturated rings. The number of hydrogen-bond donors (Lipinski definition) is 2. The molecule has 0 saturated carbocycles. The van der Waals surface area contributed by atoms with Gasteiger partial charge in [0, 0.05) is 28.4 Å². The summed E-state index contributed by atoms with van der Waals surface area (Å²) in [6.45, 7) is 4.85. The number of aryl methyl sites for hydroxylation is 2. The quantitative estimate of drug-likeness (QED) is 0.657. The highest BCUT2D eigenvalue weighted by atomic mass is 127. The first-order chi connectivity index (χ1) is 8.49. The zero-order valence-corrected chi connectivity index (χ0v) is 12.9. The zero-order valence-electron chi connectivity index (χ0n) is 10.8. The summed E-state index contributed by atoms with van der Waals surface area (Å²) in [5.74, 6) is 0. The van der Waals surface area contributed by atoms with Crippen molar-refractivity contribution in [3.05, 3.63) is 38.7 Å². The highest BCUT2D eigenvalue weighted by Gasteiger charge is 2.09. The van der Waals surface area contributed by atoms with E-state index in [1.54, 1.807) is 0 Å². The summed E-state index contributed by atoms with van der Waals surface area (Å²) in [4.78, 5) is 0. The summed E-state index contributed by atoms with van der Waals surface area (Å²) in [5, 5.41) is 7.77. The fourth-order valence-electron chi connectivity index (χ4n) is 1.95. The summed E-state index contributed by atoms with van der Waals surface area (Å²) in [6.07, 6.45) is 0. The highest BCUT2D eigenvalue weighted by Crippen LogP contribution is 2.22. The van der Waals surface area contributed by atoms with Gasteiger partial charge in [-0.05, 0) is 54.6 Å². The Morgan fingerprint density at radius 3 is 2.67 bits per heavy atom. The number of anilines is 2. The van der Waals surface area contributed by atoms with Crippen LogP contribution < -0.4 is 11.1 Å². The predicted octanol–water partition coefficient (Wildman–Crippen LogP) is 2.84. The van der Waals surface area contributed by atoms with E-state index < -0.39 is 0 Å². The molecule has 5 heteroatoms. The third-order valence-electron chi connectivity index (χ3n) is 3.13. The van der Waals surface area contributed by atoms with Crippen molar-refractivity contribution in [2.75, 3.05) is 11.1 Å². The van der Waals surface area contributed by atoms with E-state index in [9.17, 15) is 0 Å².